The quantitative estimate of drug-likeness (QED) is 0.430. The number of hydrogen-bond acceptors (Lipinski definition) is 3. The Morgan fingerprint density at radius 2 is 1.86 bits per heavy atom. The third kappa shape index (κ3) is 14.0. The molecular weight excluding hydrogens is 368 g/mol. The summed E-state index contributed by atoms with van der Waals surface area (Å²) in [5.41, 5.74) is -1.98. The Morgan fingerprint density at radius 1 is 1.36 bits per heavy atom. The monoisotopic (exact) mass is 380 g/mol. The second kappa shape index (κ2) is 6.63. The summed E-state index contributed by atoms with van der Waals surface area (Å²) in [6, 6.07) is 0. The number of halogens is 8. The van der Waals surface area contributed by atoms with Crippen LogP contribution >= 0.6 is 19.4 Å². The number of amidine groups is 1. The van der Waals surface area contributed by atoms with Crippen LogP contribution in [-0.2, 0) is 4.79 Å². The molecule has 0 aromatic heterocycles. The first-order chi connectivity index (χ1) is 9.60. The fraction of sp³-hybridized carbons (Fsp3) is 0.625. The van der Waals surface area contributed by atoms with Gasteiger partial charge in [-0.2, -0.15) is 0 Å². The number of alkyl halides is 2. The van der Waals surface area contributed by atoms with Gasteiger partial charge in [0.05, 0.1) is 13.0 Å². The van der Waals surface area contributed by atoms with E-state index in [1.807, 2.05) is 6.92 Å². The van der Waals surface area contributed by atoms with Crippen molar-refractivity contribution in [2.75, 3.05) is 13.1 Å². The van der Waals surface area contributed by atoms with Crippen molar-refractivity contribution in [1.29, 1.82) is 0 Å². The van der Waals surface area contributed by atoms with Gasteiger partial charge in [-0.25, -0.2) is 9.29 Å². The van der Waals surface area contributed by atoms with Gasteiger partial charge in [0.25, 0.3) is 11.5 Å². The van der Waals surface area contributed by atoms with Gasteiger partial charge in [0.1, 0.15) is 0 Å². The van der Waals surface area contributed by atoms with E-state index in [-0.39, 0.29) is 0 Å². The van der Waals surface area contributed by atoms with Crippen molar-refractivity contribution in [1.82, 2.24) is 5.32 Å². The molecule has 0 fully saturated rings. The summed E-state index contributed by atoms with van der Waals surface area (Å²) in [5.74, 6) is 0.0250. The molecule has 14 heteroatoms. The van der Waals surface area contributed by atoms with Crippen molar-refractivity contribution in [3.8, 4) is 0 Å². The Hall–Kier alpha value is -1.00. The van der Waals surface area contributed by atoms with Crippen LogP contribution in [0.5, 0.6) is 0 Å². The zero-order valence-corrected chi connectivity index (χ0v) is 12.7. The van der Waals surface area contributed by atoms with Gasteiger partial charge >= 0.3 is 33.0 Å². The maximum absolute atomic E-state index is 12.2. The summed E-state index contributed by atoms with van der Waals surface area (Å²) in [6.07, 6.45) is 2.23. The van der Waals surface area contributed by atoms with Crippen LogP contribution in [-0.4, -0.2) is 36.8 Å². The fourth-order valence-electron chi connectivity index (χ4n) is 1.19. The Balaban J connectivity index is 0.000000534. The molecular formula is C8H13ClF7N4OP. The van der Waals surface area contributed by atoms with E-state index in [2.05, 4.69) is 15.5 Å². The second-order valence-corrected chi connectivity index (χ2v) is 6.27. The zero-order chi connectivity index (χ0) is 17.7. The molecule has 0 saturated carbocycles. The molecule has 1 aliphatic heterocycles. The van der Waals surface area contributed by atoms with Crippen molar-refractivity contribution in [2.24, 2.45) is 10.2 Å². The molecule has 132 valence electrons. The van der Waals surface area contributed by atoms with Crippen molar-refractivity contribution in [2.45, 2.75) is 19.0 Å². The van der Waals surface area contributed by atoms with Crippen molar-refractivity contribution < 1.29 is 39.3 Å². The topological polar surface area (TPSA) is 58.3 Å². The number of nitrogens with one attached hydrogen (secondary N) is 2. The van der Waals surface area contributed by atoms with Crippen molar-refractivity contribution in [3.05, 3.63) is 0 Å². The molecule has 0 spiro atoms. The van der Waals surface area contributed by atoms with E-state index < -0.39 is 19.3 Å². The van der Waals surface area contributed by atoms with Gasteiger partial charge in [-0.1, -0.05) is 21.8 Å². The summed E-state index contributed by atoms with van der Waals surface area (Å²) < 4.78 is 71.4. The minimum absolute atomic E-state index is 0.317. The van der Waals surface area contributed by atoms with Crippen molar-refractivity contribution in [3.63, 3.8) is 0 Å². The number of hydrogen-bond donors (Lipinski definition) is 2. The summed E-state index contributed by atoms with van der Waals surface area (Å²) >= 11 is 4.94. The SMILES string of the molecule is CC[NH+]1C=NN=C1CCNC(=O)C(F)Cl.F[P-](F)(F)(F)(F)F. The molecule has 5 nitrogen and oxygen atoms in total. The predicted molar refractivity (Wildman–Crippen MR) is 69.4 cm³/mol. The average Bonchev–Trinajstić information content (AvgIpc) is 2.71. The fourth-order valence-corrected chi connectivity index (χ4v) is 1.27. The molecule has 2 atom stereocenters. The molecule has 0 radical (unpaired) electrons. The molecule has 0 saturated heterocycles. The molecule has 22 heavy (non-hydrogen) atoms. The van der Waals surface area contributed by atoms with E-state index in [9.17, 15) is 34.4 Å². The van der Waals surface area contributed by atoms with Gasteiger partial charge < -0.3 is 5.32 Å². The molecule has 0 aliphatic carbocycles. The number of carbonyl (C=O) groups excluding carboxylic acids is 1. The number of nitrogens with zero attached hydrogens (tertiary/aromatic N) is 2. The third-order valence-corrected chi connectivity index (χ3v) is 2.20. The van der Waals surface area contributed by atoms with E-state index in [0.29, 0.717) is 13.0 Å². The van der Waals surface area contributed by atoms with Crippen LogP contribution in [0.1, 0.15) is 13.3 Å². The molecule has 0 aromatic carbocycles. The van der Waals surface area contributed by atoms with Crippen molar-refractivity contribution >= 4 is 37.5 Å². The Kier molecular flexibility index (Phi) is 6.33. The van der Waals surface area contributed by atoms with Gasteiger partial charge in [-0.15, -0.1) is 0 Å². The maximum atomic E-state index is 12.2. The van der Waals surface area contributed by atoms with E-state index in [0.717, 1.165) is 17.3 Å². The van der Waals surface area contributed by atoms with Crippen LogP contribution in [0.25, 0.3) is 0 Å². The van der Waals surface area contributed by atoms with Crippen LogP contribution in [0.4, 0.5) is 29.6 Å². The first kappa shape index (κ1) is 21.0. The summed E-state index contributed by atoms with van der Waals surface area (Å²) in [7, 11) is -10.7. The van der Waals surface area contributed by atoms with Crippen LogP contribution in [0, 0.1) is 0 Å². The molecule has 0 aromatic rings. The van der Waals surface area contributed by atoms with Gasteiger partial charge in [0, 0.05) is 6.54 Å². The van der Waals surface area contributed by atoms with Gasteiger partial charge in [-0.3, -0.25) is 4.79 Å². The molecule has 1 amide bonds. The van der Waals surface area contributed by atoms with E-state index in [1.165, 1.54) is 0 Å². The predicted octanol–water partition coefficient (Wildman–Crippen LogP) is 2.67. The summed E-state index contributed by atoms with van der Waals surface area (Å²) in [5, 5.41) is 10.0. The number of rotatable bonds is 5. The number of quaternary nitrogens is 1. The zero-order valence-electron chi connectivity index (χ0n) is 11.0. The van der Waals surface area contributed by atoms with Gasteiger partial charge in [0.15, 0.2) is 0 Å². The van der Waals surface area contributed by atoms with Crippen LogP contribution in [0.15, 0.2) is 10.2 Å². The van der Waals surface area contributed by atoms with E-state index >= 15 is 0 Å². The Bertz CT molecular complexity index is 452. The van der Waals surface area contributed by atoms with Crippen LogP contribution in [0.2, 0.25) is 0 Å². The molecule has 2 unspecified atom stereocenters. The Labute approximate surface area is 125 Å². The third-order valence-electron chi connectivity index (χ3n) is 2.00. The summed E-state index contributed by atoms with van der Waals surface area (Å²) in [4.78, 5) is 11.8. The average molecular weight is 381 g/mol. The Morgan fingerprint density at radius 3 is 2.27 bits per heavy atom. The standard InChI is InChI=1S/C8H12ClFN4O.F6P/c1-2-14-5-12-13-6(14)3-4-11-8(15)7(9)10;1-7(2,3,4,5)6/h5,7H,2-4H2,1H3,(H,11,15);/q;-1/p+1. The normalized spacial score (nSPS) is 21.9. The second-order valence-electron chi connectivity index (χ2n) is 3.97. The van der Waals surface area contributed by atoms with E-state index in [1.54, 1.807) is 6.34 Å². The summed E-state index contributed by atoms with van der Waals surface area (Å²) in [6.45, 7) is 3.16. The number of amides is 1. The molecule has 0 bridgehead atoms. The van der Waals surface area contributed by atoms with Crippen LogP contribution in [0.3, 0.4) is 0 Å². The molecule has 1 rings (SSSR count). The van der Waals surface area contributed by atoms with E-state index in [4.69, 9.17) is 11.6 Å². The van der Waals surface area contributed by atoms with Gasteiger partial charge in [0.2, 0.25) is 12.2 Å². The molecule has 2 N–H and O–H groups in total. The van der Waals surface area contributed by atoms with Crippen LogP contribution < -0.4 is 10.2 Å². The molecule has 1 heterocycles. The first-order valence-electron chi connectivity index (χ1n) is 5.68. The minimum atomic E-state index is -10.7. The molecule has 1 aliphatic rings. The first-order valence-corrected chi connectivity index (χ1v) is 8.15. The van der Waals surface area contributed by atoms with Gasteiger partial charge in [-0.05, 0) is 6.92 Å². The number of carbonyl (C=O) groups is 1.